The van der Waals surface area contributed by atoms with Gasteiger partial charge in [0, 0.05) is 34.9 Å². The van der Waals surface area contributed by atoms with Crippen LogP contribution in [0.1, 0.15) is 29.8 Å². The summed E-state index contributed by atoms with van der Waals surface area (Å²) >= 11 is 3.36. The molecular formula is C18H19BrN2O2. The van der Waals surface area contributed by atoms with Crippen molar-refractivity contribution in [2.24, 2.45) is 4.99 Å². The van der Waals surface area contributed by atoms with Crippen LogP contribution < -0.4 is 0 Å². The summed E-state index contributed by atoms with van der Waals surface area (Å²) in [6.07, 6.45) is 1.58. The Morgan fingerprint density at radius 1 is 1.22 bits per heavy atom. The quantitative estimate of drug-likeness (QED) is 0.789. The Kier molecular flexibility index (Phi) is 5.93. The molecule has 0 saturated heterocycles. The van der Waals surface area contributed by atoms with Gasteiger partial charge < -0.3 is 10.0 Å². The second-order valence-electron chi connectivity index (χ2n) is 4.99. The number of hydrogen-bond donors (Lipinski definition) is 1. The Balaban J connectivity index is 2.25. The SMILES string of the molecule is CCN(CC)C(=O)c1cccc(N=Cc2cc(Br)ccc2O)c1. The van der Waals surface area contributed by atoms with Crippen LogP contribution in [-0.2, 0) is 0 Å². The fourth-order valence-corrected chi connectivity index (χ4v) is 2.56. The van der Waals surface area contributed by atoms with Crippen molar-refractivity contribution in [3.63, 3.8) is 0 Å². The first kappa shape index (κ1) is 17.2. The van der Waals surface area contributed by atoms with Crippen LogP contribution in [0.2, 0.25) is 0 Å². The monoisotopic (exact) mass is 374 g/mol. The van der Waals surface area contributed by atoms with Crippen molar-refractivity contribution in [3.8, 4) is 5.75 Å². The van der Waals surface area contributed by atoms with E-state index in [-0.39, 0.29) is 11.7 Å². The molecule has 0 atom stereocenters. The number of carbonyl (C=O) groups is 1. The van der Waals surface area contributed by atoms with Crippen molar-refractivity contribution < 1.29 is 9.90 Å². The maximum atomic E-state index is 12.4. The summed E-state index contributed by atoms with van der Waals surface area (Å²) < 4.78 is 0.863. The summed E-state index contributed by atoms with van der Waals surface area (Å²) in [5, 5.41) is 9.82. The number of benzene rings is 2. The highest BCUT2D eigenvalue weighted by Crippen LogP contribution is 2.22. The molecule has 1 N–H and O–H groups in total. The molecule has 0 spiro atoms. The number of aromatic hydroxyl groups is 1. The van der Waals surface area contributed by atoms with Crippen molar-refractivity contribution in [1.82, 2.24) is 4.90 Å². The number of halogens is 1. The van der Waals surface area contributed by atoms with E-state index in [0.717, 1.165) is 4.47 Å². The molecule has 0 aliphatic rings. The smallest absolute Gasteiger partial charge is 0.253 e. The van der Waals surface area contributed by atoms with Crippen LogP contribution >= 0.6 is 15.9 Å². The third-order valence-corrected chi connectivity index (χ3v) is 3.98. The first-order valence-electron chi connectivity index (χ1n) is 7.47. The van der Waals surface area contributed by atoms with E-state index in [9.17, 15) is 9.90 Å². The van der Waals surface area contributed by atoms with Gasteiger partial charge in [0.2, 0.25) is 0 Å². The van der Waals surface area contributed by atoms with Gasteiger partial charge >= 0.3 is 0 Å². The number of carbonyl (C=O) groups excluding carboxylic acids is 1. The van der Waals surface area contributed by atoms with Gasteiger partial charge in [-0.1, -0.05) is 22.0 Å². The van der Waals surface area contributed by atoms with Crippen molar-refractivity contribution in [2.45, 2.75) is 13.8 Å². The number of aliphatic imine (C=N–C) groups is 1. The molecule has 0 radical (unpaired) electrons. The summed E-state index contributed by atoms with van der Waals surface area (Å²) in [5.74, 6) is 0.157. The van der Waals surface area contributed by atoms with Crippen molar-refractivity contribution in [2.75, 3.05) is 13.1 Å². The predicted octanol–water partition coefficient (Wildman–Crippen LogP) is 4.39. The number of phenols is 1. The van der Waals surface area contributed by atoms with Crippen LogP contribution in [0.4, 0.5) is 5.69 Å². The van der Waals surface area contributed by atoms with E-state index in [1.165, 1.54) is 0 Å². The summed E-state index contributed by atoms with van der Waals surface area (Å²) in [4.78, 5) is 18.5. The molecule has 120 valence electrons. The van der Waals surface area contributed by atoms with E-state index in [1.54, 1.807) is 41.4 Å². The van der Waals surface area contributed by atoms with E-state index in [2.05, 4.69) is 20.9 Å². The van der Waals surface area contributed by atoms with Gasteiger partial charge in [-0.05, 0) is 50.2 Å². The van der Waals surface area contributed by atoms with E-state index < -0.39 is 0 Å². The summed E-state index contributed by atoms with van der Waals surface area (Å²) in [6, 6.07) is 12.3. The molecule has 2 aromatic carbocycles. The lowest BCUT2D eigenvalue weighted by atomic mass is 10.1. The first-order valence-corrected chi connectivity index (χ1v) is 8.26. The van der Waals surface area contributed by atoms with Crippen LogP contribution in [0, 0.1) is 0 Å². The largest absolute Gasteiger partial charge is 0.507 e. The molecular weight excluding hydrogens is 356 g/mol. The average molecular weight is 375 g/mol. The predicted molar refractivity (Wildman–Crippen MR) is 96.8 cm³/mol. The normalized spacial score (nSPS) is 10.9. The molecule has 1 amide bonds. The number of rotatable bonds is 5. The molecule has 0 heterocycles. The molecule has 4 nitrogen and oxygen atoms in total. The second kappa shape index (κ2) is 7.92. The van der Waals surface area contributed by atoms with Gasteiger partial charge in [-0.25, -0.2) is 0 Å². The highest BCUT2D eigenvalue weighted by Gasteiger charge is 2.12. The zero-order valence-electron chi connectivity index (χ0n) is 13.2. The lowest BCUT2D eigenvalue weighted by Gasteiger charge is -2.18. The topological polar surface area (TPSA) is 52.9 Å². The highest BCUT2D eigenvalue weighted by molar-refractivity contribution is 9.10. The first-order chi connectivity index (χ1) is 11.0. The number of amides is 1. The highest BCUT2D eigenvalue weighted by atomic mass is 79.9. The van der Waals surface area contributed by atoms with E-state index in [4.69, 9.17) is 0 Å². The standard InChI is InChI=1S/C18H19BrN2O2/c1-3-21(4-2)18(23)13-6-5-7-16(11-13)20-12-14-10-15(19)8-9-17(14)22/h5-12,22H,3-4H2,1-2H3. The Bertz CT molecular complexity index is 725. The lowest BCUT2D eigenvalue weighted by molar-refractivity contribution is 0.0773. The zero-order chi connectivity index (χ0) is 16.8. The summed E-state index contributed by atoms with van der Waals surface area (Å²) in [5.41, 5.74) is 1.89. The lowest BCUT2D eigenvalue weighted by Crippen LogP contribution is -2.30. The molecule has 0 unspecified atom stereocenters. The Morgan fingerprint density at radius 3 is 2.65 bits per heavy atom. The molecule has 0 aliphatic heterocycles. The van der Waals surface area contributed by atoms with Gasteiger partial charge in [-0.2, -0.15) is 0 Å². The minimum absolute atomic E-state index is 0.00245. The molecule has 0 aromatic heterocycles. The molecule has 0 fully saturated rings. The van der Waals surface area contributed by atoms with E-state index in [0.29, 0.717) is 29.9 Å². The van der Waals surface area contributed by atoms with Crippen molar-refractivity contribution >= 4 is 33.7 Å². The minimum Gasteiger partial charge on any atom is -0.507 e. The Labute approximate surface area is 144 Å². The summed E-state index contributed by atoms with van der Waals surface area (Å²) in [7, 11) is 0. The molecule has 23 heavy (non-hydrogen) atoms. The van der Waals surface area contributed by atoms with Gasteiger partial charge in [0.25, 0.3) is 5.91 Å². The summed E-state index contributed by atoms with van der Waals surface area (Å²) in [6.45, 7) is 5.27. The molecule has 0 bridgehead atoms. The zero-order valence-corrected chi connectivity index (χ0v) is 14.7. The van der Waals surface area contributed by atoms with Crippen molar-refractivity contribution in [1.29, 1.82) is 0 Å². The maximum Gasteiger partial charge on any atom is 0.253 e. The van der Waals surface area contributed by atoms with Crippen LogP contribution in [0.25, 0.3) is 0 Å². The third kappa shape index (κ3) is 4.42. The molecule has 0 aliphatic carbocycles. The average Bonchev–Trinajstić information content (AvgIpc) is 2.57. The van der Waals surface area contributed by atoms with Gasteiger partial charge in [-0.3, -0.25) is 9.79 Å². The second-order valence-corrected chi connectivity index (χ2v) is 5.90. The van der Waals surface area contributed by atoms with E-state index >= 15 is 0 Å². The van der Waals surface area contributed by atoms with Gasteiger partial charge in [0.1, 0.15) is 5.75 Å². The molecule has 2 rings (SSSR count). The Morgan fingerprint density at radius 2 is 1.96 bits per heavy atom. The molecule has 5 heteroatoms. The van der Waals surface area contributed by atoms with Gasteiger partial charge in [0.15, 0.2) is 0 Å². The molecule has 0 saturated carbocycles. The fourth-order valence-electron chi connectivity index (χ4n) is 2.19. The fraction of sp³-hybridized carbons (Fsp3) is 0.222. The number of nitrogens with zero attached hydrogens (tertiary/aromatic N) is 2. The van der Waals surface area contributed by atoms with E-state index in [1.807, 2.05) is 26.0 Å². The van der Waals surface area contributed by atoms with Crippen molar-refractivity contribution in [3.05, 3.63) is 58.1 Å². The van der Waals surface area contributed by atoms with Gasteiger partial charge in [0.05, 0.1) is 5.69 Å². The van der Waals surface area contributed by atoms with Gasteiger partial charge in [-0.15, -0.1) is 0 Å². The Hall–Kier alpha value is -2.14. The van der Waals surface area contributed by atoms with Crippen LogP contribution in [0.15, 0.2) is 51.9 Å². The van der Waals surface area contributed by atoms with Crippen LogP contribution in [0.5, 0.6) is 5.75 Å². The third-order valence-electron chi connectivity index (χ3n) is 3.49. The molecule has 2 aromatic rings. The number of hydrogen-bond acceptors (Lipinski definition) is 3. The number of phenolic OH excluding ortho intramolecular Hbond substituents is 1. The van der Waals surface area contributed by atoms with Crippen LogP contribution in [0.3, 0.4) is 0 Å². The van der Waals surface area contributed by atoms with Crippen LogP contribution in [-0.4, -0.2) is 35.2 Å². The maximum absolute atomic E-state index is 12.4. The minimum atomic E-state index is -0.00245.